The van der Waals surface area contributed by atoms with E-state index in [-0.39, 0.29) is 20.3 Å². The number of rotatable bonds is 2. The van der Waals surface area contributed by atoms with Crippen molar-refractivity contribution in [3.63, 3.8) is 0 Å². The van der Waals surface area contributed by atoms with Gasteiger partial charge in [0, 0.05) is 10.5 Å². The van der Waals surface area contributed by atoms with Gasteiger partial charge in [0.15, 0.2) is 11.6 Å². The number of nitrogens with two attached hydrogens (primary N) is 1. The fraction of sp³-hybridized carbons (Fsp3) is 0. The molecule has 2 nitrogen and oxygen atoms in total. The number of hydrogen-bond donors (Lipinski definition) is 2. The Bertz CT molecular complexity index is 624. The van der Waals surface area contributed by atoms with E-state index in [1.165, 1.54) is 6.07 Å². The minimum Gasteiger partial charge on any atom is -0.397 e. The summed E-state index contributed by atoms with van der Waals surface area (Å²) in [6, 6.07) is 4.56. The lowest BCUT2D eigenvalue weighted by Gasteiger charge is -2.12. The molecule has 19 heavy (non-hydrogen) atoms. The number of nitrogen functional groups attached to an aromatic ring is 1. The van der Waals surface area contributed by atoms with Crippen LogP contribution in [0.3, 0.4) is 0 Å². The molecule has 2 aromatic rings. The summed E-state index contributed by atoms with van der Waals surface area (Å²) >= 11 is 5.94. The zero-order chi connectivity index (χ0) is 14.2. The van der Waals surface area contributed by atoms with Gasteiger partial charge >= 0.3 is 0 Å². The van der Waals surface area contributed by atoms with Gasteiger partial charge in [-0.2, -0.15) is 0 Å². The van der Waals surface area contributed by atoms with Gasteiger partial charge in [0.1, 0.15) is 11.5 Å². The van der Waals surface area contributed by atoms with Crippen molar-refractivity contribution < 1.29 is 13.2 Å². The first kappa shape index (κ1) is 14.2. The van der Waals surface area contributed by atoms with Gasteiger partial charge in [0.25, 0.3) is 0 Å². The van der Waals surface area contributed by atoms with Crippen LogP contribution in [0.2, 0.25) is 0 Å². The standard InChI is InChI=1S/C12H7Br2F3N2/c13-5-1-8(16)12(9(17)2-5)19-11-4-7(15)6(14)3-10(11)18/h1-4,19H,18H2. The maximum absolute atomic E-state index is 13.6. The van der Waals surface area contributed by atoms with Crippen LogP contribution in [0.15, 0.2) is 33.2 Å². The van der Waals surface area contributed by atoms with E-state index in [4.69, 9.17) is 5.73 Å². The highest BCUT2D eigenvalue weighted by molar-refractivity contribution is 9.10. The Kier molecular flexibility index (Phi) is 4.05. The highest BCUT2D eigenvalue weighted by Gasteiger charge is 2.13. The van der Waals surface area contributed by atoms with E-state index >= 15 is 0 Å². The molecule has 0 aliphatic heterocycles. The highest BCUT2D eigenvalue weighted by atomic mass is 79.9. The molecule has 0 amide bonds. The van der Waals surface area contributed by atoms with Crippen LogP contribution >= 0.6 is 31.9 Å². The minimum atomic E-state index is -0.811. The molecular formula is C12H7Br2F3N2. The van der Waals surface area contributed by atoms with Crippen molar-refractivity contribution in [1.29, 1.82) is 0 Å². The second-order valence-electron chi connectivity index (χ2n) is 3.72. The van der Waals surface area contributed by atoms with Gasteiger partial charge < -0.3 is 11.1 Å². The third-order valence-electron chi connectivity index (χ3n) is 2.36. The summed E-state index contributed by atoms with van der Waals surface area (Å²) in [5.41, 5.74) is 5.51. The lowest BCUT2D eigenvalue weighted by atomic mass is 10.2. The summed E-state index contributed by atoms with van der Waals surface area (Å²) < 4.78 is 41.1. The summed E-state index contributed by atoms with van der Waals surface area (Å²) in [7, 11) is 0. The summed E-state index contributed by atoms with van der Waals surface area (Å²) in [5.74, 6) is -2.21. The molecule has 2 aromatic carbocycles. The molecule has 0 saturated heterocycles. The van der Waals surface area contributed by atoms with Crippen LogP contribution in [0, 0.1) is 17.5 Å². The van der Waals surface area contributed by atoms with Crippen molar-refractivity contribution in [2.75, 3.05) is 11.1 Å². The third kappa shape index (κ3) is 3.03. The molecule has 0 fully saturated rings. The summed E-state index contributed by atoms with van der Waals surface area (Å²) in [6.07, 6.45) is 0. The van der Waals surface area contributed by atoms with Crippen LogP contribution < -0.4 is 11.1 Å². The van der Waals surface area contributed by atoms with Gasteiger partial charge in [0.05, 0.1) is 15.8 Å². The van der Waals surface area contributed by atoms with Crippen molar-refractivity contribution in [2.24, 2.45) is 0 Å². The Morgan fingerprint density at radius 3 is 2.05 bits per heavy atom. The summed E-state index contributed by atoms with van der Waals surface area (Å²) in [6.45, 7) is 0. The normalized spacial score (nSPS) is 10.6. The van der Waals surface area contributed by atoms with Crippen LogP contribution in [-0.2, 0) is 0 Å². The molecule has 2 rings (SSSR count). The SMILES string of the molecule is Nc1cc(Br)c(F)cc1Nc1c(F)cc(Br)cc1F. The fourth-order valence-corrected chi connectivity index (χ4v) is 2.23. The van der Waals surface area contributed by atoms with Gasteiger partial charge in [-0.05, 0) is 34.1 Å². The molecule has 0 unspecified atom stereocenters. The van der Waals surface area contributed by atoms with Gasteiger partial charge in [-0.25, -0.2) is 13.2 Å². The van der Waals surface area contributed by atoms with Crippen LogP contribution in [0.1, 0.15) is 0 Å². The number of anilines is 3. The topological polar surface area (TPSA) is 38.0 Å². The molecule has 7 heteroatoms. The average molecular weight is 396 g/mol. The Morgan fingerprint density at radius 2 is 1.47 bits per heavy atom. The maximum atomic E-state index is 13.6. The van der Waals surface area contributed by atoms with Crippen molar-refractivity contribution >= 4 is 48.9 Å². The van der Waals surface area contributed by atoms with E-state index in [0.29, 0.717) is 0 Å². The van der Waals surface area contributed by atoms with E-state index in [9.17, 15) is 13.2 Å². The molecule has 100 valence electrons. The zero-order valence-electron chi connectivity index (χ0n) is 9.28. The highest BCUT2D eigenvalue weighted by Crippen LogP contribution is 2.32. The molecule has 3 N–H and O–H groups in total. The molecule has 0 bridgehead atoms. The molecule has 0 aliphatic rings. The third-order valence-corrected chi connectivity index (χ3v) is 3.42. The predicted octanol–water partition coefficient (Wildman–Crippen LogP) is 4.95. The number of hydrogen-bond acceptors (Lipinski definition) is 2. The Morgan fingerprint density at radius 1 is 0.895 bits per heavy atom. The predicted molar refractivity (Wildman–Crippen MR) is 75.9 cm³/mol. The van der Waals surface area contributed by atoms with Crippen LogP contribution in [0.5, 0.6) is 0 Å². The first-order valence-electron chi connectivity index (χ1n) is 5.04. The van der Waals surface area contributed by atoms with Crippen LogP contribution in [0.4, 0.5) is 30.2 Å². The maximum Gasteiger partial charge on any atom is 0.150 e. The number of nitrogens with one attached hydrogen (secondary N) is 1. The number of benzene rings is 2. The van der Waals surface area contributed by atoms with Gasteiger partial charge in [-0.1, -0.05) is 15.9 Å². The van der Waals surface area contributed by atoms with Gasteiger partial charge in [0.2, 0.25) is 0 Å². The summed E-state index contributed by atoms with van der Waals surface area (Å²) in [5, 5.41) is 2.45. The van der Waals surface area contributed by atoms with Crippen molar-refractivity contribution in [3.8, 4) is 0 Å². The molecule has 0 radical (unpaired) electrons. The monoisotopic (exact) mass is 394 g/mol. The average Bonchev–Trinajstić information content (AvgIpc) is 2.29. The Hall–Kier alpha value is -1.21. The molecular weight excluding hydrogens is 389 g/mol. The molecule has 0 atom stereocenters. The molecule has 0 aliphatic carbocycles. The van der Waals surface area contributed by atoms with Gasteiger partial charge in [-0.15, -0.1) is 0 Å². The minimum absolute atomic E-state index is 0.0841. The van der Waals surface area contributed by atoms with Gasteiger partial charge in [-0.3, -0.25) is 0 Å². The second-order valence-corrected chi connectivity index (χ2v) is 5.49. The van der Waals surface area contributed by atoms with E-state index in [0.717, 1.165) is 18.2 Å². The van der Waals surface area contributed by atoms with E-state index in [1.54, 1.807) is 0 Å². The first-order valence-corrected chi connectivity index (χ1v) is 6.63. The smallest absolute Gasteiger partial charge is 0.150 e. The zero-order valence-corrected chi connectivity index (χ0v) is 12.4. The fourth-order valence-electron chi connectivity index (χ4n) is 1.47. The lowest BCUT2D eigenvalue weighted by Crippen LogP contribution is -2.02. The van der Waals surface area contributed by atoms with Crippen molar-refractivity contribution in [3.05, 3.63) is 50.7 Å². The van der Waals surface area contributed by atoms with E-state index < -0.39 is 23.1 Å². The molecule has 0 saturated carbocycles. The van der Waals surface area contributed by atoms with Crippen molar-refractivity contribution in [1.82, 2.24) is 0 Å². The van der Waals surface area contributed by atoms with Crippen LogP contribution in [0.25, 0.3) is 0 Å². The largest absolute Gasteiger partial charge is 0.397 e. The van der Waals surface area contributed by atoms with E-state index in [1.807, 2.05) is 0 Å². The summed E-state index contributed by atoms with van der Waals surface area (Å²) in [4.78, 5) is 0. The second kappa shape index (κ2) is 5.42. The quantitative estimate of drug-likeness (QED) is 0.705. The van der Waals surface area contributed by atoms with Crippen molar-refractivity contribution in [2.45, 2.75) is 0 Å². The lowest BCUT2D eigenvalue weighted by molar-refractivity contribution is 0.589. The Labute approximate surface area is 124 Å². The number of halogens is 5. The molecule has 0 heterocycles. The molecule has 0 spiro atoms. The first-order chi connectivity index (χ1) is 8.88. The Balaban J connectivity index is 2.45. The van der Waals surface area contributed by atoms with E-state index in [2.05, 4.69) is 37.2 Å². The molecule has 0 aromatic heterocycles. The van der Waals surface area contributed by atoms with Crippen LogP contribution in [-0.4, -0.2) is 0 Å².